The van der Waals surface area contributed by atoms with Crippen LogP contribution in [0.5, 0.6) is 0 Å². The quantitative estimate of drug-likeness (QED) is 0.873. The third-order valence-electron chi connectivity index (χ3n) is 3.48. The highest BCUT2D eigenvalue weighted by molar-refractivity contribution is 9.10. The Balaban J connectivity index is 2.29. The molecule has 0 aliphatic carbocycles. The summed E-state index contributed by atoms with van der Waals surface area (Å²) in [5.74, 6) is 0. The van der Waals surface area contributed by atoms with E-state index in [-0.39, 0.29) is 0 Å². The lowest BCUT2D eigenvalue weighted by atomic mass is 9.98. The third kappa shape index (κ3) is 3.49. The normalized spacial score (nSPS) is 12.6. The molecular formula is C16H22BrN3. The summed E-state index contributed by atoms with van der Waals surface area (Å²) in [6.07, 6.45) is 4.07. The molecule has 2 rings (SSSR count). The molecule has 0 fully saturated rings. The van der Waals surface area contributed by atoms with Gasteiger partial charge in [-0.25, -0.2) is 0 Å². The number of benzene rings is 1. The number of hydrogen-bond acceptors (Lipinski definition) is 2. The predicted molar refractivity (Wildman–Crippen MR) is 86.8 cm³/mol. The second kappa shape index (κ2) is 7.04. The van der Waals surface area contributed by atoms with Gasteiger partial charge in [0.15, 0.2) is 0 Å². The minimum absolute atomic E-state index is 0.308. The lowest BCUT2D eigenvalue weighted by Crippen LogP contribution is -2.23. The van der Waals surface area contributed by atoms with Crippen LogP contribution in [0.2, 0.25) is 0 Å². The average Bonchev–Trinajstić information content (AvgIpc) is 2.82. The molecule has 3 nitrogen and oxygen atoms in total. The predicted octanol–water partition coefficient (Wildman–Crippen LogP) is 3.64. The van der Waals surface area contributed by atoms with Gasteiger partial charge in [0.05, 0.1) is 5.69 Å². The van der Waals surface area contributed by atoms with Crippen molar-refractivity contribution in [1.82, 2.24) is 15.1 Å². The summed E-state index contributed by atoms with van der Waals surface area (Å²) in [5.41, 5.74) is 3.82. The van der Waals surface area contributed by atoms with Gasteiger partial charge in [-0.3, -0.25) is 4.68 Å². The summed E-state index contributed by atoms with van der Waals surface area (Å²) in [5, 5.41) is 8.15. The fourth-order valence-corrected chi connectivity index (χ4v) is 2.99. The number of rotatable bonds is 6. The molecule has 0 aliphatic rings. The number of aromatic nitrogens is 2. The van der Waals surface area contributed by atoms with Gasteiger partial charge >= 0.3 is 0 Å². The van der Waals surface area contributed by atoms with Gasteiger partial charge in [-0.1, -0.05) is 48.0 Å². The van der Waals surface area contributed by atoms with Gasteiger partial charge in [0, 0.05) is 29.3 Å². The lowest BCUT2D eigenvalue weighted by Gasteiger charge is -2.18. The number of hydrogen-bond donors (Lipinski definition) is 1. The van der Waals surface area contributed by atoms with Crippen LogP contribution in [0.3, 0.4) is 0 Å². The van der Waals surface area contributed by atoms with Crippen molar-refractivity contribution in [1.29, 1.82) is 0 Å². The van der Waals surface area contributed by atoms with Gasteiger partial charge in [-0.05, 0) is 31.0 Å². The number of aryl methyl sites for hydroxylation is 2. The molecule has 0 amide bonds. The van der Waals surface area contributed by atoms with E-state index in [2.05, 4.69) is 70.7 Å². The Labute approximate surface area is 129 Å². The van der Waals surface area contributed by atoms with Gasteiger partial charge in [0.25, 0.3) is 0 Å². The summed E-state index contributed by atoms with van der Waals surface area (Å²) in [6, 6.07) is 8.73. The van der Waals surface area contributed by atoms with Crippen molar-refractivity contribution in [2.24, 2.45) is 7.05 Å². The second-order valence-corrected chi connectivity index (χ2v) is 5.82. The standard InChI is InChI=1S/C16H22BrN3/c1-4-15-13(11-20(3)19-15)16(18-5-2)10-12-8-6-7-9-14(12)17/h6-9,11,16,18H,4-5,10H2,1-3H3. The molecule has 1 N–H and O–H groups in total. The highest BCUT2D eigenvalue weighted by Crippen LogP contribution is 2.25. The van der Waals surface area contributed by atoms with Crippen molar-refractivity contribution in [3.05, 3.63) is 51.8 Å². The van der Waals surface area contributed by atoms with Crippen LogP contribution in [0, 0.1) is 0 Å². The van der Waals surface area contributed by atoms with Crippen LogP contribution in [-0.2, 0) is 19.9 Å². The SMILES string of the molecule is CCNC(Cc1ccccc1Br)c1cn(C)nc1CC. The van der Waals surface area contributed by atoms with Crippen LogP contribution >= 0.6 is 15.9 Å². The molecule has 0 spiro atoms. The Morgan fingerprint density at radius 3 is 2.70 bits per heavy atom. The van der Waals surface area contributed by atoms with E-state index in [4.69, 9.17) is 0 Å². The van der Waals surface area contributed by atoms with E-state index >= 15 is 0 Å². The maximum atomic E-state index is 4.56. The van der Waals surface area contributed by atoms with E-state index in [1.807, 2.05) is 11.7 Å². The Hall–Kier alpha value is -1.13. The van der Waals surface area contributed by atoms with Crippen LogP contribution in [0.1, 0.15) is 36.7 Å². The minimum Gasteiger partial charge on any atom is -0.310 e. The van der Waals surface area contributed by atoms with Crippen molar-refractivity contribution in [3.8, 4) is 0 Å². The molecule has 0 saturated carbocycles. The van der Waals surface area contributed by atoms with E-state index < -0.39 is 0 Å². The largest absolute Gasteiger partial charge is 0.310 e. The van der Waals surface area contributed by atoms with Crippen LogP contribution in [0.4, 0.5) is 0 Å². The van der Waals surface area contributed by atoms with Crippen LogP contribution in [0.15, 0.2) is 34.9 Å². The highest BCUT2D eigenvalue weighted by atomic mass is 79.9. The molecule has 1 heterocycles. The first-order chi connectivity index (χ1) is 9.65. The van der Waals surface area contributed by atoms with E-state index in [9.17, 15) is 0 Å². The summed E-state index contributed by atoms with van der Waals surface area (Å²) in [6.45, 7) is 5.26. The molecule has 0 saturated heterocycles. The molecule has 1 unspecified atom stereocenters. The van der Waals surface area contributed by atoms with Crippen LogP contribution in [0.25, 0.3) is 0 Å². The number of nitrogens with one attached hydrogen (secondary N) is 1. The van der Waals surface area contributed by atoms with Crippen molar-refractivity contribution in [2.45, 2.75) is 32.7 Å². The number of halogens is 1. The zero-order valence-electron chi connectivity index (χ0n) is 12.4. The second-order valence-electron chi connectivity index (χ2n) is 4.96. The molecule has 1 aromatic heterocycles. The van der Waals surface area contributed by atoms with E-state index in [0.717, 1.165) is 19.4 Å². The van der Waals surface area contributed by atoms with E-state index in [1.54, 1.807) is 0 Å². The summed E-state index contributed by atoms with van der Waals surface area (Å²) < 4.78 is 3.09. The fourth-order valence-electron chi connectivity index (χ4n) is 2.54. The van der Waals surface area contributed by atoms with Crippen molar-refractivity contribution < 1.29 is 0 Å². The molecule has 108 valence electrons. The number of likely N-dealkylation sites (N-methyl/N-ethyl adjacent to an activating group) is 1. The van der Waals surface area contributed by atoms with Crippen LogP contribution < -0.4 is 5.32 Å². The Bertz CT molecular complexity index is 563. The molecule has 20 heavy (non-hydrogen) atoms. The smallest absolute Gasteiger partial charge is 0.0669 e. The molecule has 0 aliphatic heterocycles. The van der Waals surface area contributed by atoms with Gasteiger partial charge in [0.2, 0.25) is 0 Å². The molecule has 1 aromatic carbocycles. The Kier molecular flexibility index (Phi) is 5.38. The monoisotopic (exact) mass is 335 g/mol. The first-order valence-corrected chi connectivity index (χ1v) is 7.94. The van der Waals surface area contributed by atoms with Crippen molar-refractivity contribution in [3.63, 3.8) is 0 Å². The maximum absolute atomic E-state index is 4.56. The topological polar surface area (TPSA) is 29.9 Å². The molecule has 1 atom stereocenters. The lowest BCUT2D eigenvalue weighted by molar-refractivity contribution is 0.545. The molecule has 2 aromatic rings. The molecule has 0 bridgehead atoms. The summed E-state index contributed by atoms with van der Waals surface area (Å²) in [7, 11) is 1.99. The van der Waals surface area contributed by atoms with E-state index in [1.165, 1.54) is 21.3 Å². The maximum Gasteiger partial charge on any atom is 0.0669 e. The zero-order valence-corrected chi connectivity index (χ0v) is 13.9. The van der Waals surface area contributed by atoms with E-state index in [0.29, 0.717) is 6.04 Å². The Morgan fingerprint density at radius 2 is 2.05 bits per heavy atom. The van der Waals surface area contributed by atoms with Crippen LogP contribution in [-0.4, -0.2) is 16.3 Å². The average molecular weight is 336 g/mol. The third-order valence-corrected chi connectivity index (χ3v) is 4.25. The first-order valence-electron chi connectivity index (χ1n) is 7.14. The molecule has 0 radical (unpaired) electrons. The summed E-state index contributed by atoms with van der Waals surface area (Å²) in [4.78, 5) is 0. The van der Waals surface area contributed by atoms with Gasteiger partial charge in [0.1, 0.15) is 0 Å². The number of nitrogens with zero attached hydrogens (tertiary/aromatic N) is 2. The minimum atomic E-state index is 0.308. The van der Waals surface area contributed by atoms with Crippen molar-refractivity contribution in [2.75, 3.05) is 6.54 Å². The molecular weight excluding hydrogens is 314 g/mol. The zero-order chi connectivity index (χ0) is 14.5. The Morgan fingerprint density at radius 1 is 1.30 bits per heavy atom. The molecule has 4 heteroatoms. The first kappa shape index (κ1) is 15.3. The van der Waals surface area contributed by atoms with Crippen molar-refractivity contribution >= 4 is 15.9 Å². The fraction of sp³-hybridized carbons (Fsp3) is 0.438. The highest BCUT2D eigenvalue weighted by Gasteiger charge is 2.18. The summed E-state index contributed by atoms with van der Waals surface area (Å²) >= 11 is 3.64. The van der Waals surface area contributed by atoms with Gasteiger partial charge < -0.3 is 5.32 Å². The van der Waals surface area contributed by atoms with Gasteiger partial charge in [-0.15, -0.1) is 0 Å². The van der Waals surface area contributed by atoms with Gasteiger partial charge in [-0.2, -0.15) is 5.10 Å².